The van der Waals surface area contributed by atoms with Crippen LogP contribution in [0, 0.1) is 0 Å². The third kappa shape index (κ3) is 3.18. The molecule has 0 aliphatic carbocycles. The Balaban J connectivity index is 2.93. The number of rotatable bonds is 4. The Hall–Kier alpha value is -0.600. The number of alkyl halides is 3. The molecular formula is C10H13F3NP. The van der Waals surface area contributed by atoms with Gasteiger partial charge in [0.05, 0.1) is 0 Å². The van der Waals surface area contributed by atoms with Crippen molar-refractivity contribution in [3.8, 4) is 0 Å². The molecule has 0 amide bonds. The van der Waals surface area contributed by atoms with Crippen LogP contribution in [0.4, 0.5) is 13.2 Å². The van der Waals surface area contributed by atoms with Gasteiger partial charge in [-0.2, -0.15) is 0 Å². The zero-order chi connectivity index (χ0) is 11.4. The van der Waals surface area contributed by atoms with Crippen LogP contribution in [0.15, 0.2) is 30.3 Å². The van der Waals surface area contributed by atoms with Gasteiger partial charge in [0.1, 0.15) is 0 Å². The van der Waals surface area contributed by atoms with Crippen molar-refractivity contribution in [3.05, 3.63) is 30.3 Å². The Labute approximate surface area is 88.7 Å². The lowest BCUT2D eigenvalue weighted by Crippen LogP contribution is -2.25. The monoisotopic (exact) mass is 235 g/mol. The van der Waals surface area contributed by atoms with Gasteiger partial charge in [-0.15, -0.1) is 0 Å². The van der Waals surface area contributed by atoms with Crippen LogP contribution >= 0.6 is 8.07 Å². The fourth-order valence-electron chi connectivity index (χ4n) is 1.28. The standard InChI is InChI=1S/C10H13F3NP/c1-14(2)15(10(13)9(11)12)8-6-4-3-5-7-8/h3-7,9-10H,1-2H3. The highest BCUT2D eigenvalue weighted by molar-refractivity contribution is 7.63. The molecule has 1 nitrogen and oxygen atoms in total. The molecule has 1 aromatic rings. The van der Waals surface area contributed by atoms with Gasteiger partial charge in [0, 0.05) is 8.07 Å². The van der Waals surface area contributed by atoms with E-state index >= 15 is 0 Å². The van der Waals surface area contributed by atoms with Gasteiger partial charge >= 0.3 is 0 Å². The van der Waals surface area contributed by atoms with Crippen LogP contribution in [0.5, 0.6) is 0 Å². The molecule has 0 N–H and O–H groups in total. The minimum atomic E-state index is -2.93. The van der Waals surface area contributed by atoms with Gasteiger partial charge in [-0.25, -0.2) is 13.2 Å². The summed E-state index contributed by atoms with van der Waals surface area (Å²) in [6.45, 7) is 0. The largest absolute Gasteiger partial charge is 0.282 e. The summed E-state index contributed by atoms with van der Waals surface area (Å²) in [6, 6.07) is 8.60. The smallest absolute Gasteiger partial charge is 0.274 e. The highest BCUT2D eigenvalue weighted by Gasteiger charge is 2.32. The van der Waals surface area contributed by atoms with E-state index in [0.29, 0.717) is 5.30 Å². The van der Waals surface area contributed by atoms with E-state index in [2.05, 4.69) is 0 Å². The molecule has 84 valence electrons. The molecule has 0 spiro atoms. The van der Waals surface area contributed by atoms with Gasteiger partial charge in [-0.05, 0) is 19.4 Å². The van der Waals surface area contributed by atoms with E-state index in [1.165, 1.54) is 4.67 Å². The molecule has 1 rings (SSSR count). The summed E-state index contributed by atoms with van der Waals surface area (Å²) in [5, 5.41) is 0.630. The predicted octanol–water partition coefficient (Wildman–Crippen LogP) is 2.83. The molecular weight excluding hydrogens is 222 g/mol. The average Bonchev–Trinajstić information content (AvgIpc) is 2.18. The van der Waals surface area contributed by atoms with E-state index in [1.54, 1.807) is 44.4 Å². The van der Waals surface area contributed by atoms with Crippen molar-refractivity contribution in [3.63, 3.8) is 0 Å². The molecule has 0 bridgehead atoms. The maximum absolute atomic E-state index is 13.4. The molecule has 0 aliphatic rings. The summed E-state index contributed by atoms with van der Waals surface area (Å²) in [5.74, 6) is -2.10. The van der Waals surface area contributed by atoms with Crippen LogP contribution in [0.3, 0.4) is 0 Å². The molecule has 0 radical (unpaired) electrons. The third-order valence-electron chi connectivity index (χ3n) is 1.89. The van der Waals surface area contributed by atoms with Crippen LogP contribution < -0.4 is 5.30 Å². The molecule has 1 aromatic carbocycles. The van der Waals surface area contributed by atoms with E-state index in [-0.39, 0.29) is 0 Å². The highest BCUT2D eigenvalue weighted by atomic mass is 31.1. The fraction of sp³-hybridized carbons (Fsp3) is 0.400. The second-order valence-electron chi connectivity index (χ2n) is 3.23. The summed E-state index contributed by atoms with van der Waals surface area (Å²) in [7, 11) is 1.64. The van der Waals surface area contributed by atoms with Crippen LogP contribution in [0.2, 0.25) is 0 Å². The molecule has 0 heterocycles. The number of nitrogens with zero attached hydrogens (tertiary/aromatic N) is 1. The molecule has 0 fully saturated rings. The topological polar surface area (TPSA) is 3.24 Å². The summed E-state index contributed by atoms with van der Waals surface area (Å²) in [6.07, 6.45) is -2.93. The van der Waals surface area contributed by atoms with Crippen LogP contribution in [-0.2, 0) is 0 Å². The van der Waals surface area contributed by atoms with Gasteiger partial charge in [0.25, 0.3) is 6.43 Å². The first-order valence-electron chi connectivity index (χ1n) is 4.47. The van der Waals surface area contributed by atoms with E-state index in [0.717, 1.165) is 0 Å². The molecule has 0 aromatic heterocycles. The van der Waals surface area contributed by atoms with Crippen LogP contribution in [0.1, 0.15) is 0 Å². The summed E-state index contributed by atoms with van der Waals surface area (Å²) in [4.78, 5) is 0. The SMILES string of the molecule is CN(C)P(c1ccccc1)C(F)C(F)F. The van der Waals surface area contributed by atoms with Crippen molar-refractivity contribution in [2.45, 2.75) is 12.3 Å². The van der Waals surface area contributed by atoms with Crippen molar-refractivity contribution in [1.29, 1.82) is 0 Å². The third-order valence-corrected chi connectivity index (χ3v) is 4.28. The second-order valence-corrected chi connectivity index (χ2v) is 5.73. The zero-order valence-electron chi connectivity index (χ0n) is 8.57. The Morgan fingerprint density at radius 1 is 1.07 bits per heavy atom. The first-order chi connectivity index (χ1) is 7.04. The summed E-state index contributed by atoms with van der Waals surface area (Å²) >= 11 is 0. The molecule has 2 atom stereocenters. The van der Waals surface area contributed by atoms with Crippen molar-refractivity contribution >= 4 is 13.4 Å². The van der Waals surface area contributed by atoms with Crippen LogP contribution in [0.25, 0.3) is 0 Å². The number of halogens is 3. The first kappa shape index (κ1) is 12.5. The lowest BCUT2D eigenvalue weighted by atomic mass is 10.4. The van der Waals surface area contributed by atoms with E-state index in [4.69, 9.17) is 0 Å². The molecule has 0 saturated heterocycles. The molecule has 0 saturated carbocycles. The van der Waals surface area contributed by atoms with Crippen molar-refractivity contribution in [1.82, 2.24) is 4.67 Å². The molecule has 15 heavy (non-hydrogen) atoms. The maximum Gasteiger partial charge on any atom is 0.274 e. The normalized spacial score (nSPS) is 15.7. The van der Waals surface area contributed by atoms with Gasteiger partial charge in [-0.3, -0.25) is 4.67 Å². The minimum Gasteiger partial charge on any atom is -0.282 e. The van der Waals surface area contributed by atoms with Crippen molar-refractivity contribution in [2.24, 2.45) is 0 Å². The predicted molar refractivity (Wildman–Crippen MR) is 57.6 cm³/mol. The van der Waals surface area contributed by atoms with E-state index in [1.807, 2.05) is 0 Å². The Bertz CT molecular complexity index is 292. The lowest BCUT2D eigenvalue weighted by Gasteiger charge is -2.27. The Morgan fingerprint density at radius 3 is 2.00 bits per heavy atom. The van der Waals surface area contributed by atoms with Gasteiger partial charge in [0.2, 0.25) is 0 Å². The maximum atomic E-state index is 13.4. The van der Waals surface area contributed by atoms with Gasteiger partial charge in [-0.1, -0.05) is 30.3 Å². The van der Waals surface area contributed by atoms with Crippen molar-refractivity contribution in [2.75, 3.05) is 14.1 Å². The Kier molecular flexibility index (Phi) is 4.55. The zero-order valence-corrected chi connectivity index (χ0v) is 9.46. The average molecular weight is 235 g/mol. The summed E-state index contributed by atoms with van der Waals surface area (Å²) < 4.78 is 39.6. The lowest BCUT2D eigenvalue weighted by molar-refractivity contribution is 0.0908. The number of hydrogen-bond acceptors (Lipinski definition) is 1. The number of benzene rings is 1. The Morgan fingerprint density at radius 2 is 1.60 bits per heavy atom. The minimum absolute atomic E-state index is 0.630. The van der Waals surface area contributed by atoms with E-state index < -0.39 is 20.4 Å². The molecule has 0 aliphatic heterocycles. The quantitative estimate of drug-likeness (QED) is 0.725. The first-order valence-corrected chi connectivity index (χ1v) is 5.84. The van der Waals surface area contributed by atoms with Gasteiger partial charge in [0.15, 0.2) is 5.91 Å². The van der Waals surface area contributed by atoms with E-state index in [9.17, 15) is 13.2 Å². The number of hydrogen-bond donors (Lipinski definition) is 0. The van der Waals surface area contributed by atoms with Gasteiger partial charge < -0.3 is 0 Å². The second kappa shape index (κ2) is 5.47. The fourth-order valence-corrected chi connectivity index (χ4v) is 3.16. The highest BCUT2D eigenvalue weighted by Crippen LogP contribution is 2.45. The molecule has 5 heteroatoms. The van der Waals surface area contributed by atoms with Crippen LogP contribution in [-0.4, -0.2) is 31.1 Å². The molecule has 2 unspecified atom stereocenters. The van der Waals surface area contributed by atoms with Crippen molar-refractivity contribution < 1.29 is 13.2 Å². The summed E-state index contributed by atoms with van der Waals surface area (Å²) in [5.41, 5.74) is 0.